The van der Waals surface area contributed by atoms with Gasteiger partial charge in [0.2, 0.25) is 0 Å². The molecule has 0 radical (unpaired) electrons. The molecule has 0 saturated carbocycles. The van der Waals surface area contributed by atoms with E-state index in [9.17, 15) is 4.79 Å². The highest BCUT2D eigenvalue weighted by molar-refractivity contribution is 6.44. The van der Waals surface area contributed by atoms with Crippen molar-refractivity contribution in [1.82, 2.24) is 0 Å². The molecular weight excluding hydrogens is 381 g/mol. The summed E-state index contributed by atoms with van der Waals surface area (Å²) in [6.45, 7) is 0. The van der Waals surface area contributed by atoms with Crippen LogP contribution in [0.1, 0.15) is 10.4 Å². The van der Waals surface area contributed by atoms with Crippen LogP contribution in [0.2, 0.25) is 15.1 Å². The van der Waals surface area contributed by atoms with E-state index in [1.165, 1.54) is 0 Å². The van der Waals surface area contributed by atoms with Crippen molar-refractivity contribution in [1.29, 1.82) is 0 Å². The number of amides is 1. The van der Waals surface area contributed by atoms with Gasteiger partial charge in [-0.05, 0) is 36.4 Å². The maximum absolute atomic E-state index is 12.5. The Morgan fingerprint density at radius 2 is 1.40 bits per heavy atom. The topological polar surface area (TPSA) is 38.3 Å². The Kier molecular flexibility index (Phi) is 5.49. The first-order valence-electron chi connectivity index (χ1n) is 7.33. The first-order chi connectivity index (χ1) is 12.1. The average molecular weight is 393 g/mol. The predicted molar refractivity (Wildman–Crippen MR) is 102 cm³/mol. The molecule has 0 heterocycles. The van der Waals surface area contributed by atoms with Gasteiger partial charge in [-0.1, -0.05) is 65.1 Å². The molecule has 0 bridgehead atoms. The first-order valence-corrected chi connectivity index (χ1v) is 8.46. The van der Waals surface area contributed by atoms with Crippen molar-refractivity contribution >= 4 is 46.4 Å². The SMILES string of the molecule is O=C(Nc1ccccc1Oc1ccccc1Cl)c1cccc(Cl)c1Cl. The van der Waals surface area contributed by atoms with Crippen LogP contribution in [0.25, 0.3) is 0 Å². The molecule has 0 saturated heterocycles. The molecule has 0 atom stereocenters. The van der Waals surface area contributed by atoms with Gasteiger partial charge in [0.15, 0.2) is 5.75 Å². The number of benzene rings is 3. The summed E-state index contributed by atoms with van der Waals surface area (Å²) < 4.78 is 5.83. The molecule has 3 nitrogen and oxygen atoms in total. The Bertz CT molecular complexity index is 928. The first kappa shape index (κ1) is 17.6. The van der Waals surface area contributed by atoms with Crippen LogP contribution >= 0.6 is 34.8 Å². The Morgan fingerprint density at radius 3 is 2.16 bits per heavy atom. The van der Waals surface area contributed by atoms with E-state index in [1.54, 1.807) is 54.6 Å². The van der Waals surface area contributed by atoms with Crippen molar-refractivity contribution in [2.24, 2.45) is 0 Å². The second-order valence-electron chi connectivity index (χ2n) is 5.08. The summed E-state index contributed by atoms with van der Waals surface area (Å²) in [5.41, 5.74) is 0.769. The third kappa shape index (κ3) is 4.07. The third-order valence-corrected chi connectivity index (χ3v) is 4.52. The zero-order chi connectivity index (χ0) is 17.8. The van der Waals surface area contributed by atoms with E-state index in [-0.39, 0.29) is 16.5 Å². The van der Waals surface area contributed by atoms with Crippen molar-refractivity contribution in [3.63, 3.8) is 0 Å². The van der Waals surface area contributed by atoms with Crippen LogP contribution in [0.4, 0.5) is 5.69 Å². The maximum atomic E-state index is 12.5. The molecule has 0 spiro atoms. The third-order valence-electron chi connectivity index (χ3n) is 3.39. The minimum absolute atomic E-state index is 0.200. The number of hydrogen-bond acceptors (Lipinski definition) is 2. The molecule has 3 rings (SSSR count). The number of carbonyl (C=O) groups excluding carboxylic acids is 1. The van der Waals surface area contributed by atoms with Crippen LogP contribution in [-0.2, 0) is 0 Å². The normalized spacial score (nSPS) is 10.4. The van der Waals surface area contributed by atoms with Gasteiger partial charge in [0.25, 0.3) is 5.91 Å². The highest BCUT2D eigenvalue weighted by atomic mass is 35.5. The van der Waals surface area contributed by atoms with E-state index in [0.717, 1.165) is 0 Å². The van der Waals surface area contributed by atoms with E-state index in [0.29, 0.717) is 27.2 Å². The maximum Gasteiger partial charge on any atom is 0.257 e. The Labute approximate surface area is 160 Å². The standard InChI is InChI=1S/C19H12Cl3NO2/c20-13-7-1-3-10-16(13)25-17-11-4-2-9-15(17)23-19(24)12-6-5-8-14(21)18(12)22/h1-11H,(H,23,24). The quantitative estimate of drug-likeness (QED) is 0.537. The number of nitrogens with one attached hydrogen (secondary N) is 1. The van der Waals surface area contributed by atoms with E-state index in [1.807, 2.05) is 12.1 Å². The number of carbonyl (C=O) groups is 1. The van der Waals surface area contributed by atoms with E-state index >= 15 is 0 Å². The van der Waals surface area contributed by atoms with Crippen LogP contribution < -0.4 is 10.1 Å². The molecular formula is C19H12Cl3NO2. The van der Waals surface area contributed by atoms with Gasteiger partial charge in [0, 0.05) is 0 Å². The predicted octanol–water partition coefficient (Wildman–Crippen LogP) is 6.69. The summed E-state index contributed by atoms with van der Waals surface area (Å²) in [7, 11) is 0. The second-order valence-corrected chi connectivity index (χ2v) is 6.28. The Hall–Kier alpha value is -2.20. The molecule has 0 aliphatic carbocycles. The fraction of sp³-hybridized carbons (Fsp3) is 0. The molecule has 126 valence electrons. The molecule has 0 aliphatic heterocycles. The molecule has 0 aliphatic rings. The monoisotopic (exact) mass is 391 g/mol. The molecule has 0 fully saturated rings. The van der Waals surface area contributed by atoms with Crippen molar-refractivity contribution < 1.29 is 9.53 Å². The largest absolute Gasteiger partial charge is 0.454 e. The lowest BCUT2D eigenvalue weighted by molar-refractivity contribution is 0.102. The molecule has 3 aromatic carbocycles. The highest BCUT2D eigenvalue weighted by Crippen LogP contribution is 2.34. The molecule has 0 aromatic heterocycles. The van der Waals surface area contributed by atoms with Crippen LogP contribution in [0.3, 0.4) is 0 Å². The van der Waals surface area contributed by atoms with Crippen LogP contribution in [0.5, 0.6) is 11.5 Å². The summed E-state index contributed by atoms with van der Waals surface area (Å²) in [6.07, 6.45) is 0. The summed E-state index contributed by atoms with van der Waals surface area (Å²) in [4.78, 5) is 12.5. The zero-order valence-electron chi connectivity index (χ0n) is 12.8. The number of ether oxygens (including phenoxy) is 1. The number of hydrogen-bond donors (Lipinski definition) is 1. The van der Waals surface area contributed by atoms with Crippen molar-refractivity contribution in [2.75, 3.05) is 5.32 Å². The lowest BCUT2D eigenvalue weighted by Crippen LogP contribution is -2.13. The number of rotatable bonds is 4. The van der Waals surface area contributed by atoms with Gasteiger partial charge < -0.3 is 10.1 Å². The minimum Gasteiger partial charge on any atom is -0.454 e. The molecule has 1 N–H and O–H groups in total. The average Bonchev–Trinajstić information content (AvgIpc) is 2.61. The van der Waals surface area contributed by atoms with Crippen molar-refractivity contribution in [3.05, 3.63) is 87.4 Å². The number of halogens is 3. The Morgan fingerprint density at radius 1 is 0.760 bits per heavy atom. The summed E-state index contributed by atoms with van der Waals surface area (Å²) in [6, 6.07) is 19.0. The van der Waals surface area contributed by atoms with Gasteiger partial charge in [-0.2, -0.15) is 0 Å². The highest BCUT2D eigenvalue weighted by Gasteiger charge is 2.15. The second kappa shape index (κ2) is 7.79. The number of anilines is 1. The van der Waals surface area contributed by atoms with Gasteiger partial charge in [0.05, 0.1) is 26.3 Å². The van der Waals surface area contributed by atoms with Crippen molar-refractivity contribution in [3.8, 4) is 11.5 Å². The molecule has 0 unspecified atom stereocenters. The smallest absolute Gasteiger partial charge is 0.257 e. The zero-order valence-corrected chi connectivity index (χ0v) is 15.1. The fourth-order valence-corrected chi connectivity index (χ4v) is 2.73. The fourth-order valence-electron chi connectivity index (χ4n) is 2.17. The molecule has 3 aromatic rings. The van der Waals surface area contributed by atoms with Gasteiger partial charge in [-0.25, -0.2) is 0 Å². The summed E-state index contributed by atoms with van der Waals surface area (Å²) >= 11 is 18.2. The van der Waals surface area contributed by atoms with Crippen LogP contribution in [-0.4, -0.2) is 5.91 Å². The molecule has 1 amide bonds. The molecule has 25 heavy (non-hydrogen) atoms. The van der Waals surface area contributed by atoms with E-state index in [4.69, 9.17) is 39.5 Å². The van der Waals surface area contributed by atoms with Crippen LogP contribution in [0, 0.1) is 0 Å². The summed E-state index contributed by atoms with van der Waals surface area (Å²) in [5.74, 6) is 0.566. The van der Waals surface area contributed by atoms with Gasteiger partial charge in [-0.3, -0.25) is 4.79 Å². The van der Waals surface area contributed by atoms with E-state index in [2.05, 4.69) is 5.32 Å². The van der Waals surface area contributed by atoms with Crippen molar-refractivity contribution in [2.45, 2.75) is 0 Å². The van der Waals surface area contributed by atoms with Gasteiger partial charge in [-0.15, -0.1) is 0 Å². The van der Waals surface area contributed by atoms with Crippen LogP contribution in [0.15, 0.2) is 66.7 Å². The molecule has 6 heteroatoms. The van der Waals surface area contributed by atoms with Gasteiger partial charge in [0.1, 0.15) is 5.75 Å². The minimum atomic E-state index is -0.386. The lowest BCUT2D eigenvalue weighted by Gasteiger charge is -2.13. The summed E-state index contributed by atoms with van der Waals surface area (Å²) in [5, 5.41) is 3.77. The van der Waals surface area contributed by atoms with Gasteiger partial charge >= 0.3 is 0 Å². The van der Waals surface area contributed by atoms with E-state index < -0.39 is 0 Å². The Balaban J connectivity index is 1.87. The number of para-hydroxylation sites is 3. The lowest BCUT2D eigenvalue weighted by atomic mass is 10.2.